The Kier molecular flexibility index (Phi) is 1.43. The van der Waals surface area contributed by atoms with E-state index in [0.717, 1.165) is 4.57 Å². The van der Waals surface area contributed by atoms with Crippen LogP contribution in [0.15, 0.2) is 41.4 Å². The molecule has 0 atom stereocenters. The number of aromatic nitrogens is 4. The third-order valence-corrected chi connectivity index (χ3v) is 2.54. The van der Waals surface area contributed by atoms with E-state index in [-0.39, 0.29) is 39.9 Å². The topological polar surface area (TPSA) is 66.5 Å². The Hall–Kier alpha value is -2.21. The summed E-state index contributed by atoms with van der Waals surface area (Å²) in [5.41, 5.74) is -1.43. The fraction of sp³-hybridized carbons (Fsp3) is 0.0833. The Labute approximate surface area is 116 Å². The van der Waals surface area contributed by atoms with Gasteiger partial charge in [-0.1, -0.05) is 6.07 Å². The van der Waals surface area contributed by atoms with Gasteiger partial charge < -0.3 is 9.55 Å². The second-order valence-electron chi connectivity index (χ2n) is 3.37. The largest absolute Gasteiger partial charge is 0.355 e. The van der Waals surface area contributed by atoms with E-state index in [9.17, 15) is 4.79 Å². The molecule has 0 saturated carbocycles. The molecule has 0 spiro atoms. The SMILES string of the molecule is [3H]c1ccc([3H])c(C([3H])([3H])n2c(=S)[nH]c(=O)c3[nH]c([3H])c([3H])c32)n1. The molecule has 0 aromatic carbocycles. The molecule has 3 aromatic rings. The third-order valence-electron chi connectivity index (χ3n) is 2.25. The lowest BCUT2D eigenvalue weighted by molar-refractivity contribution is 0.761. The minimum Gasteiger partial charge on any atom is -0.355 e. The van der Waals surface area contributed by atoms with Gasteiger partial charge in [0.2, 0.25) is 0 Å². The number of H-pyrrole nitrogens is 2. The van der Waals surface area contributed by atoms with Crippen molar-refractivity contribution in [1.82, 2.24) is 19.5 Å². The molecule has 18 heavy (non-hydrogen) atoms. The molecule has 5 nitrogen and oxygen atoms in total. The number of pyridine rings is 1. The average Bonchev–Trinajstić information content (AvgIpc) is 2.78. The minimum absolute atomic E-state index is 0.170. The molecular formula is C12H10N4OS. The van der Waals surface area contributed by atoms with Crippen molar-refractivity contribution in [1.29, 1.82) is 0 Å². The van der Waals surface area contributed by atoms with Crippen molar-refractivity contribution in [3.05, 3.63) is 57.4 Å². The lowest BCUT2D eigenvalue weighted by Crippen LogP contribution is -2.15. The first-order valence-electron chi connectivity index (χ1n) is 7.94. The van der Waals surface area contributed by atoms with E-state index in [1.807, 2.05) is 0 Å². The van der Waals surface area contributed by atoms with Gasteiger partial charge in [0.05, 0.1) is 25.9 Å². The van der Waals surface area contributed by atoms with E-state index < -0.39 is 18.1 Å². The standard InChI is InChI=1S/C12H10N4OS/c17-11-10-9(4-6-14-10)16(12(18)15-11)7-8-3-1-2-5-13-8/h1-6,14H,7H2,(H,15,17,18)/i3T,4T,5T,6T,7T2. The Morgan fingerprint density at radius 1 is 1.50 bits per heavy atom. The molecule has 0 fully saturated rings. The van der Waals surface area contributed by atoms with Crippen LogP contribution in [0.3, 0.4) is 0 Å². The van der Waals surface area contributed by atoms with Crippen molar-refractivity contribution < 1.29 is 8.22 Å². The highest BCUT2D eigenvalue weighted by atomic mass is 32.1. The number of nitrogens with zero attached hydrogens (tertiary/aromatic N) is 2. The van der Waals surface area contributed by atoms with Crippen LogP contribution in [0.25, 0.3) is 11.0 Å². The van der Waals surface area contributed by atoms with Crippen molar-refractivity contribution in [3.8, 4) is 0 Å². The van der Waals surface area contributed by atoms with Crippen LogP contribution in [-0.4, -0.2) is 19.5 Å². The Morgan fingerprint density at radius 2 is 2.39 bits per heavy atom. The molecule has 3 aromatic heterocycles. The maximum atomic E-state index is 12.0. The molecule has 0 saturated heterocycles. The second-order valence-corrected chi connectivity index (χ2v) is 3.76. The zero-order chi connectivity index (χ0) is 17.8. The molecule has 0 aliphatic heterocycles. The Bertz CT molecular complexity index is 1090. The molecule has 0 amide bonds. The maximum absolute atomic E-state index is 12.0. The molecule has 6 heteroatoms. The molecule has 0 aliphatic carbocycles. The van der Waals surface area contributed by atoms with Crippen molar-refractivity contribution >= 4 is 23.3 Å². The van der Waals surface area contributed by atoms with Crippen molar-refractivity contribution in [2.45, 2.75) is 6.50 Å². The zero-order valence-electron chi connectivity index (χ0n) is 14.9. The van der Waals surface area contributed by atoms with Crippen LogP contribution in [0, 0.1) is 4.77 Å². The second kappa shape index (κ2) is 4.23. The summed E-state index contributed by atoms with van der Waals surface area (Å²) in [4.78, 5) is 20.4. The summed E-state index contributed by atoms with van der Waals surface area (Å²) in [5, 5.41) is 0. The normalized spacial score (nSPS) is 16.4. The Morgan fingerprint density at radius 3 is 3.28 bits per heavy atom. The van der Waals surface area contributed by atoms with Gasteiger partial charge in [-0.3, -0.25) is 14.8 Å². The van der Waals surface area contributed by atoms with E-state index in [1.165, 1.54) is 12.1 Å². The maximum Gasteiger partial charge on any atom is 0.276 e. The number of hydrogen-bond donors (Lipinski definition) is 2. The first kappa shape index (κ1) is 6.10. The molecule has 2 N–H and O–H groups in total. The molecular weight excluding hydrogens is 248 g/mol. The number of aromatic amines is 2. The first-order valence-corrected chi connectivity index (χ1v) is 5.35. The van der Waals surface area contributed by atoms with Gasteiger partial charge in [0.1, 0.15) is 5.52 Å². The van der Waals surface area contributed by atoms with Gasteiger partial charge in [-0.2, -0.15) is 0 Å². The van der Waals surface area contributed by atoms with Crippen LogP contribution in [0.2, 0.25) is 0 Å². The summed E-state index contributed by atoms with van der Waals surface area (Å²) in [5.74, 6) is 0. The van der Waals surface area contributed by atoms with Gasteiger partial charge in [-0.15, -0.1) is 0 Å². The molecule has 0 radical (unpaired) electrons. The van der Waals surface area contributed by atoms with Crippen LogP contribution in [0.1, 0.15) is 13.9 Å². The molecule has 3 rings (SSSR count). The predicted octanol–water partition coefficient (Wildman–Crippen LogP) is 1.83. The third kappa shape index (κ3) is 1.76. The molecule has 0 bridgehead atoms. The van der Waals surface area contributed by atoms with E-state index >= 15 is 0 Å². The number of hydrogen-bond acceptors (Lipinski definition) is 3. The van der Waals surface area contributed by atoms with E-state index in [4.69, 9.17) is 20.4 Å². The molecule has 3 heterocycles. The fourth-order valence-corrected chi connectivity index (χ4v) is 1.72. The smallest absolute Gasteiger partial charge is 0.276 e. The van der Waals surface area contributed by atoms with E-state index in [2.05, 4.69) is 15.0 Å². The lowest BCUT2D eigenvalue weighted by atomic mass is 10.3. The first-order chi connectivity index (χ1) is 11.1. The predicted molar refractivity (Wildman–Crippen MR) is 71.1 cm³/mol. The van der Waals surface area contributed by atoms with Crippen LogP contribution in [-0.2, 0) is 6.50 Å². The quantitative estimate of drug-likeness (QED) is 0.698. The minimum atomic E-state index is -2.52. The number of fused-ring (bicyclic) bond motifs is 1. The number of rotatable bonds is 2. The van der Waals surface area contributed by atoms with Gasteiger partial charge in [0.25, 0.3) is 5.56 Å². The Balaban J connectivity index is 2.47. The van der Waals surface area contributed by atoms with Crippen LogP contribution >= 0.6 is 12.2 Å². The summed E-state index contributed by atoms with van der Waals surface area (Å²) in [6.07, 6.45) is -0.604. The van der Waals surface area contributed by atoms with Gasteiger partial charge in [-0.05, 0) is 30.4 Å². The van der Waals surface area contributed by atoms with Crippen LogP contribution in [0.4, 0.5) is 0 Å². The van der Waals surface area contributed by atoms with Crippen molar-refractivity contribution in [2.75, 3.05) is 0 Å². The summed E-state index contributed by atoms with van der Waals surface area (Å²) in [6, 6.07) is 1.81. The molecule has 0 unspecified atom stereocenters. The van der Waals surface area contributed by atoms with Gasteiger partial charge in [0, 0.05) is 12.3 Å². The molecule has 90 valence electrons. The highest BCUT2D eigenvalue weighted by Crippen LogP contribution is 2.10. The monoisotopic (exact) mass is 270 g/mol. The van der Waals surface area contributed by atoms with Crippen molar-refractivity contribution in [3.63, 3.8) is 0 Å². The number of nitrogens with one attached hydrogen (secondary N) is 2. The highest BCUT2D eigenvalue weighted by molar-refractivity contribution is 7.71. The van der Waals surface area contributed by atoms with Gasteiger partial charge in [0.15, 0.2) is 4.77 Å². The molecule has 0 aliphatic rings. The van der Waals surface area contributed by atoms with Crippen molar-refractivity contribution in [2.24, 2.45) is 0 Å². The summed E-state index contributed by atoms with van der Waals surface area (Å²) < 4.78 is 48.2. The van der Waals surface area contributed by atoms with Crippen LogP contribution < -0.4 is 5.56 Å². The fourth-order valence-electron chi connectivity index (χ4n) is 1.49. The van der Waals surface area contributed by atoms with E-state index in [1.54, 1.807) is 0 Å². The average molecular weight is 270 g/mol. The summed E-state index contributed by atoms with van der Waals surface area (Å²) in [6.45, 7) is -2.52. The summed E-state index contributed by atoms with van der Waals surface area (Å²) in [7, 11) is 0. The van der Waals surface area contributed by atoms with Crippen LogP contribution in [0.5, 0.6) is 0 Å². The zero-order valence-corrected chi connectivity index (χ0v) is 9.68. The lowest BCUT2D eigenvalue weighted by Gasteiger charge is -2.07. The van der Waals surface area contributed by atoms with Gasteiger partial charge in [-0.25, -0.2) is 0 Å². The summed E-state index contributed by atoms with van der Waals surface area (Å²) >= 11 is 5.03. The van der Waals surface area contributed by atoms with Gasteiger partial charge >= 0.3 is 0 Å². The highest BCUT2D eigenvalue weighted by Gasteiger charge is 2.06. The van der Waals surface area contributed by atoms with E-state index in [0.29, 0.717) is 0 Å².